The lowest BCUT2D eigenvalue weighted by Gasteiger charge is -2.25. The van der Waals surface area contributed by atoms with Crippen molar-refractivity contribution in [3.05, 3.63) is 28.2 Å². The van der Waals surface area contributed by atoms with Crippen LogP contribution in [0.2, 0.25) is 0 Å². The highest BCUT2D eigenvalue weighted by atomic mass is 79.9. The Balaban J connectivity index is 2.27. The van der Waals surface area contributed by atoms with E-state index >= 15 is 0 Å². The number of nitrogens with zero attached hydrogens (tertiary/aromatic N) is 1. The fourth-order valence-electron chi connectivity index (χ4n) is 2.35. The third-order valence-corrected chi connectivity index (χ3v) is 5.52. The molecule has 1 aromatic rings. The van der Waals surface area contributed by atoms with Crippen LogP contribution in [0, 0.1) is 0 Å². The van der Waals surface area contributed by atoms with Gasteiger partial charge in [-0.05, 0) is 31.2 Å². The summed E-state index contributed by atoms with van der Waals surface area (Å²) >= 11 is 3.49. The molecule has 1 saturated heterocycles. The van der Waals surface area contributed by atoms with Gasteiger partial charge in [-0.1, -0.05) is 22.0 Å². The highest BCUT2D eigenvalue weighted by Crippen LogP contribution is 2.26. The number of rotatable bonds is 3. The predicted molar refractivity (Wildman–Crippen MR) is 82.4 cm³/mol. The summed E-state index contributed by atoms with van der Waals surface area (Å²) in [5, 5.41) is 3.15. The summed E-state index contributed by atoms with van der Waals surface area (Å²) in [5.74, 6) is 0.553. The van der Waals surface area contributed by atoms with Crippen molar-refractivity contribution in [2.45, 2.75) is 13.0 Å². The van der Waals surface area contributed by atoms with Crippen LogP contribution >= 0.6 is 15.9 Å². The van der Waals surface area contributed by atoms with Crippen LogP contribution in [0.1, 0.15) is 12.0 Å². The molecule has 0 atom stereocenters. The van der Waals surface area contributed by atoms with E-state index in [2.05, 4.69) is 38.3 Å². The molecule has 1 aromatic carbocycles. The zero-order chi connectivity index (χ0) is 13.9. The molecule has 0 aromatic heterocycles. The Kier molecular flexibility index (Phi) is 4.86. The maximum atomic E-state index is 11.7. The van der Waals surface area contributed by atoms with E-state index in [1.165, 1.54) is 5.56 Å². The topological polar surface area (TPSA) is 49.4 Å². The minimum atomic E-state index is -2.86. The molecule has 0 amide bonds. The van der Waals surface area contributed by atoms with E-state index in [0.717, 1.165) is 23.2 Å². The Bertz CT molecular complexity index is 546. The van der Waals surface area contributed by atoms with Gasteiger partial charge in [-0.15, -0.1) is 0 Å². The maximum Gasteiger partial charge on any atom is 0.152 e. The fraction of sp³-hybridized carbons (Fsp3) is 0.538. The summed E-state index contributed by atoms with van der Waals surface area (Å²) in [5.41, 5.74) is 2.32. The van der Waals surface area contributed by atoms with Gasteiger partial charge in [0.2, 0.25) is 0 Å². The second-order valence-corrected chi connectivity index (χ2v) is 8.02. The van der Waals surface area contributed by atoms with Crippen molar-refractivity contribution in [1.29, 1.82) is 0 Å². The number of benzene rings is 1. The van der Waals surface area contributed by atoms with Crippen LogP contribution in [-0.2, 0) is 16.4 Å². The molecule has 0 saturated carbocycles. The maximum absolute atomic E-state index is 11.7. The van der Waals surface area contributed by atoms with Gasteiger partial charge in [-0.2, -0.15) is 0 Å². The van der Waals surface area contributed by atoms with Crippen molar-refractivity contribution in [3.8, 4) is 0 Å². The van der Waals surface area contributed by atoms with Crippen LogP contribution in [0.3, 0.4) is 0 Å². The number of anilines is 1. The van der Waals surface area contributed by atoms with Gasteiger partial charge in [0, 0.05) is 29.8 Å². The van der Waals surface area contributed by atoms with Crippen molar-refractivity contribution in [3.63, 3.8) is 0 Å². The molecular formula is C13H19BrN2O2S. The molecule has 2 rings (SSSR count). The highest BCUT2D eigenvalue weighted by Gasteiger charge is 2.20. The first-order valence-corrected chi connectivity index (χ1v) is 9.02. The van der Waals surface area contributed by atoms with Gasteiger partial charge < -0.3 is 10.2 Å². The van der Waals surface area contributed by atoms with Crippen LogP contribution in [0.15, 0.2) is 22.7 Å². The molecule has 1 aliphatic heterocycles. The summed E-state index contributed by atoms with van der Waals surface area (Å²) in [6.45, 7) is 2.16. The SMILES string of the molecule is CNCc1ccc(Br)cc1N1CCCS(=O)(=O)CC1. The smallest absolute Gasteiger partial charge is 0.152 e. The van der Waals surface area contributed by atoms with Crippen LogP contribution in [0.5, 0.6) is 0 Å². The molecule has 106 valence electrons. The van der Waals surface area contributed by atoms with E-state index < -0.39 is 9.84 Å². The van der Waals surface area contributed by atoms with E-state index in [1.807, 2.05) is 13.1 Å². The van der Waals surface area contributed by atoms with Crippen molar-refractivity contribution < 1.29 is 8.42 Å². The normalized spacial score (nSPS) is 19.2. The lowest BCUT2D eigenvalue weighted by Crippen LogP contribution is -2.28. The van der Waals surface area contributed by atoms with E-state index in [1.54, 1.807) is 0 Å². The van der Waals surface area contributed by atoms with E-state index in [4.69, 9.17) is 0 Å². The number of halogens is 1. The number of hydrogen-bond acceptors (Lipinski definition) is 4. The fourth-order valence-corrected chi connectivity index (χ4v) is 3.97. The predicted octanol–water partition coefficient (Wildman–Crippen LogP) is 1.79. The highest BCUT2D eigenvalue weighted by molar-refractivity contribution is 9.10. The third kappa shape index (κ3) is 3.94. The zero-order valence-corrected chi connectivity index (χ0v) is 13.4. The first-order chi connectivity index (χ1) is 9.02. The Hall–Kier alpha value is -0.590. The van der Waals surface area contributed by atoms with Crippen molar-refractivity contribution in [2.75, 3.05) is 36.5 Å². The van der Waals surface area contributed by atoms with Gasteiger partial charge >= 0.3 is 0 Å². The van der Waals surface area contributed by atoms with Gasteiger partial charge in [0.15, 0.2) is 9.84 Å². The van der Waals surface area contributed by atoms with Crippen LogP contribution in [0.25, 0.3) is 0 Å². The summed E-state index contributed by atoms with van der Waals surface area (Å²) < 4.78 is 24.4. The van der Waals surface area contributed by atoms with Crippen LogP contribution < -0.4 is 10.2 Å². The second kappa shape index (κ2) is 6.24. The number of sulfone groups is 1. The van der Waals surface area contributed by atoms with Gasteiger partial charge in [-0.25, -0.2) is 8.42 Å². The summed E-state index contributed by atoms with van der Waals surface area (Å²) in [7, 11) is -0.949. The Morgan fingerprint density at radius 2 is 2.11 bits per heavy atom. The molecule has 6 heteroatoms. The monoisotopic (exact) mass is 346 g/mol. The molecule has 0 bridgehead atoms. The number of hydrogen-bond donors (Lipinski definition) is 1. The average Bonchev–Trinajstić information content (AvgIpc) is 2.53. The summed E-state index contributed by atoms with van der Waals surface area (Å²) in [6.07, 6.45) is 0.702. The number of nitrogens with one attached hydrogen (secondary N) is 1. The Labute approximate surface area is 123 Å². The van der Waals surface area contributed by atoms with Crippen LogP contribution in [-0.4, -0.2) is 40.1 Å². The third-order valence-electron chi connectivity index (χ3n) is 3.31. The zero-order valence-electron chi connectivity index (χ0n) is 11.0. The molecule has 1 aliphatic rings. The standard InChI is InChI=1S/C13H19BrN2O2S/c1-15-10-11-3-4-12(14)9-13(11)16-5-2-7-19(17,18)8-6-16/h3-4,9,15H,2,5-8,10H2,1H3. The summed E-state index contributed by atoms with van der Waals surface area (Å²) in [6, 6.07) is 6.17. The molecule has 1 fully saturated rings. The average molecular weight is 347 g/mol. The second-order valence-electron chi connectivity index (χ2n) is 4.80. The minimum absolute atomic E-state index is 0.249. The molecule has 0 aliphatic carbocycles. The molecule has 0 radical (unpaired) electrons. The van der Waals surface area contributed by atoms with E-state index in [9.17, 15) is 8.42 Å². The van der Waals surface area contributed by atoms with Crippen molar-refractivity contribution in [1.82, 2.24) is 5.32 Å². The lowest BCUT2D eigenvalue weighted by atomic mass is 10.1. The summed E-state index contributed by atoms with van der Waals surface area (Å²) in [4.78, 5) is 2.18. The quantitative estimate of drug-likeness (QED) is 0.906. The van der Waals surface area contributed by atoms with Crippen molar-refractivity contribution in [2.24, 2.45) is 0 Å². The van der Waals surface area contributed by atoms with Gasteiger partial charge in [-0.3, -0.25) is 0 Å². The van der Waals surface area contributed by atoms with Gasteiger partial charge in [0.05, 0.1) is 11.5 Å². The van der Waals surface area contributed by atoms with Gasteiger partial charge in [0.1, 0.15) is 0 Å². The van der Waals surface area contributed by atoms with Crippen molar-refractivity contribution >= 4 is 31.5 Å². The Morgan fingerprint density at radius 1 is 1.32 bits per heavy atom. The molecule has 1 heterocycles. The Morgan fingerprint density at radius 3 is 2.84 bits per heavy atom. The minimum Gasteiger partial charge on any atom is -0.370 e. The molecule has 4 nitrogen and oxygen atoms in total. The molecule has 0 unspecified atom stereocenters. The molecule has 0 spiro atoms. The first-order valence-electron chi connectivity index (χ1n) is 6.40. The molecule has 1 N–H and O–H groups in total. The molecular weight excluding hydrogens is 328 g/mol. The first kappa shape index (κ1) is 14.8. The van der Waals surface area contributed by atoms with Gasteiger partial charge in [0.25, 0.3) is 0 Å². The lowest BCUT2D eigenvalue weighted by molar-refractivity contribution is 0.597. The molecule has 19 heavy (non-hydrogen) atoms. The van der Waals surface area contributed by atoms with E-state index in [0.29, 0.717) is 18.7 Å². The van der Waals surface area contributed by atoms with Crippen LogP contribution in [0.4, 0.5) is 5.69 Å². The largest absolute Gasteiger partial charge is 0.370 e. The van der Waals surface area contributed by atoms with E-state index in [-0.39, 0.29) is 5.75 Å².